The molecule has 0 radical (unpaired) electrons. The lowest BCUT2D eigenvalue weighted by molar-refractivity contribution is 0.451. The van der Waals surface area contributed by atoms with E-state index in [4.69, 9.17) is 0 Å². The van der Waals surface area contributed by atoms with E-state index in [0.717, 1.165) is 0 Å². The Labute approximate surface area is 155 Å². The van der Waals surface area contributed by atoms with Crippen molar-refractivity contribution in [3.8, 4) is 0 Å². The van der Waals surface area contributed by atoms with Gasteiger partial charge in [0.2, 0.25) is 0 Å². The number of nitrogens with zero attached hydrogens (tertiary/aromatic N) is 2. The van der Waals surface area contributed by atoms with E-state index in [-0.39, 0.29) is 11.6 Å². The summed E-state index contributed by atoms with van der Waals surface area (Å²) in [4.78, 5) is 5.07. The van der Waals surface area contributed by atoms with Crippen molar-refractivity contribution in [2.75, 3.05) is 9.80 Å². The number of para-hydroxylation sites is 3. The fraction of sp³-hybridized carbons (Fsp3) is 0.250. The van der Waals surface area contributed by atoms with Crippen molar-refractivity contribution < 1.29 is 0 Å². The fourth-order valence-electron chi connectivity index (χ4n) is 4.90. The van der Waals surface area contributed by atoms with Gasteiger partial charge in [0.05, 0.1) is 11.4 Å². The third-order valence-corrected chi connectivity index (χ3v) is 5.88. The first-order chi connectivity index (χ1) is 12.5. The first kappa shape index (κ1) is 15.5. The van der Waals surface area contributed by atoms with Gasteiger partial charge in [0.15, 0.2) is 0 Å². The molecule has 0 saturated carbocycles. The lowest BCUT2D eigenvalue weighted by atomic mass is 9.83. The molecule has 0 fully saturated rings. The fourth-order valence-corrected chi connectivity index (χ4v) is 4.90. The van der Waals surface area contributed by atoms with Crippen molar-refractivity contribution in [3.05, 3.63) is 83.4 Å². The standard InChI is InChI=1S/C24H24N2/c1-16-13-17(2)15-18(14-16)25-21-11-7-8-12-22(21)26-20-10-6-5-9-19(20)24(3,4)23(25)26/h5-15,23H,1-4H3. The molecule has 2 aliphatic heterocycles. The maximum Gasteiger partial charge on any atom is 0.120 e. The second-order valence-electron chi connectivity index (χ2n) is 8.19. The van der Waals surface area contributed by atoms with Gasteiger partial charge in [-0.3, -0.25) is 0 Å². The molecular weight excluding hydrogens is 316 g/mol. The van der Waals surface area contributed by atoms with Gasteiger partial charge in [-0.15, -0.1) is 0 Å². The monoisotopic (exact) mass is 340 g/mol. The second kappa shape index (κ2) is 5.14. The average molecular weight is 340 g/mol. The third kappa shape index (κ3) is 1.93. The lowest BCUT2D eigenvalue weighted by Gasteiger charge is -2.37. The van der Waals surface area contributed by atoms with E-state index >= 15 is 0 Å². The summed E-state index contributed by atoms with van der Waals surface area (Å²) in [6, 6.07) is 24.5. The average Bonchev–Trinajstić information content (AvgIpc) is 3.07. The van der Waals surface area contributed by atoms with Crippen LogP contribution in [-0.2, 0) is 5.41 Å². The van der Waals surface area contributed by atoms with Crippen LogP contribution in [0.1, 0.15) is 30.5 Å². The predicted octanol–water partition coefficient (Wildman–Crippen LogP) is 6.21. The SMILES string of the molecule is Cc1cc(C)cc(N2c3ccccc3N3c4ccccc4C(C)(C)C23)c1. The highest BCUT2D eigenvalue weighted by Gasteiger charge is 2.53. The summed E-state index contributed by atoms with van der Waals surface area (Å²) in [5, 5.41) is 0. The van der Waals surface area contributed by atoms with Gasteiger partial charge in [0.25, 0.3) is 0 Å². The quantitative estimate of drug-likeness (QED) is 0.519. The molecule has 3 aromatic carbocycles. The molecule has 0 bridgehead atoms. The topological polar surface area (TPSA) is 6.48 Å². The summed E-state index contributed by atoms with van der Waals surface area (Å²) in [5.74, 6) is 0. The highest BCUT2D eigenvalue weighted by molar-refractivity contribution is 5.92. The van der Waals surface area contributed by atoms with Crippen molar-refractivity contribution in [2.45, 2.75) is 39.3 Å². The highest BCUT2D eigenvalue weighted by atomic mass is 15.4. The zero-order valence-corrected chi connectivity index (χ0v) is 15.8. The molecule has 2 nitrogen and oxygen atoms in total. The Hall–Kier alpha value is -2.74. The van der Waals surface area contributed by atoms with E-state index < -0.39 is 0 Å². The number of aryl methyl sites for hydroxylation is 2. The van der Waals surface area contributed by atoms with Gasteiger partial charge in [-0.1, -0.05) is 50.2 Å². The van der Waals surface area contributed by atoms with E-state index in [1.807, 2.05) is 0 Å². The maximum absolute atomic E-state index is 2.54. The molecule has 0 aromatic heterocycles. The van der Waals surface area contributed by atoms with E-state index in [1.54, 1.807) is 0 Å². The predicted molar refractivity (Wildman–Crippen MR) is 110 cm³/mol. The first-order valence-electron chi connectivity index (χ1n) is 9.34. The van der Waals surface area contributed by atoms with Crippen LogP contribution >= 0.6 is 0 Å². The van der Waals surface area contributed by atoms with Crippen molar-refractivity contribution in [1.82, 2.24) is 0 Å². The highest BCUT2D eigenvalue weighted by Crippen LogP contribution is 2.58. The van der Waals surface area contributed by atoms with Crippen molar-refractivity contribution in [3.63, 3.8) is 0 Å². The van der Waals surface area contributed by atoms with Crippen LogP contribution in [0, 0.1) is 13.8 Å². The Morgan fingerprint density at radius 3 is 1.88 bits per heavy atom. The molecule has 1 atom stereocenters. The minimum absolute atomic E-state index is 0.0211. The first-order valence-corrected chi connectivity index (χ1v) is 9.34. The van der Waals surface area contributed by atoms with Gasteiger partial charge in [0.1, 0.15) is 6.17 Å². The minimum atomic E-state index is 0.0211. The lowest BCUT2D eigenvalue weighted by Crippen LogP contribution is -2.46. The Balaban J connectivity index is 1.80. The summed E-state index contributed by atoms with van der Waals surface area (Å²) in [5.41, 5.74) is 9.28. The second-order valence-corrected chi connectivity index (χ2v) is 8.19. The van der Waals surface area contributed by atoms with Gasteiger partial charge in [-0.2, -0.15) is 0 Å². The summed E-state index contributed by atoms with van der Waals surface area (Å²) in [7, 11) is 0. The van der Waals surface area contributed by atoms with Crippen LogP contribution in [0.15, 0.2) is 66.7 Å². The number of anilines is 4. The molecule has 0 N–H and O–H groups in total. The summed E-state index contributed by atoms with van der Waals surface area (Å²) >= 11 is 0. The molecule has 0 saturated heterocycles. The van der Waals surface area contributed by atoms with E-state index in [0.29, 0.717) is 0 Å². The van der Waals surface area contributed by atoms with Crippen molar-refractivity contribution in [1.29, 1.82) is 0 Å². The van der Waals surface area contributed by atoms with Crippen LogP contribution < -0.4 is 9.80 Å². The van der Waals surface area contributed by atoms with Crippen LogP contribution in [0.25, 0.3) is 0 Å². The number of hydrogen-bond donors (Lipinski definition) is 0. The number of benzene rings is 3. The smallest absolute Gasteiger partial charge is 0.120 e. The summed E-state index contributed by atoms with van der Waals surface area (Å²) < 4.78 is 0. The van der Waals surface area contributed by atoms with E-state index in [2.05, 4.69) is 104 Å². The zero-order valence-electron chi connectivity index (χ0n) is 15.8. The van der Waals surface area contributed by atoms with Gasteiger partial charge >= 0.3 is 0 Å². The van der Waals surface area contributed by atoms with Crippen LogP contribution in [-0.4, -0.2) is 6.17 Å². The van der Waals surface area contributed by atoms with Gasteiger partial charge in [-0.25, -0.2) is 0 Å². The van der Waals surface area contributed by atoms with Crippen LogP contribution in [0.2, 0.25) is 0 Å². The third-order valence-electron chi connectivity index (χ3n) is 5.88. The zero-order chi connectivity index (χ0) is 18.1. The number of rotatable bonds is 1. The van der Waals surface area contributed by atoms with E-state index in [1.165, 1.54) is 39.4 Å². The molecule has 1 unspecified atom stereocenters. The molecule has 26 heavy (non-hydrogen) atoms. The summed E-state index contributed by atoms with van der Waals surface area (Å²) in [6.45, 7) is 9.12. The normalized spacial score (nSPS) is 19.3. The molecule has 0 amide bonds. The van der Waals surface area contributed by atoms with Crippen molar-refractivity contribution in [2.24, 2.45) is 0 Å². The largest absolute Gasteiger partial charge is 0.317 e. The van der Waals surface area contributed by atoms with Crippen LogP contribution in [0.4, 0.5) is 22.7 Å². The van der Waals surface area contributed by atoms with Crippen LogP contribution in [0.5, 0.6) is 0 Å². The molecule has 2 heterocycles. The molecule has 3 aromatic rings. The molecular formula is C24H24N2. The Bertz CT molecular complexity index is 998. The molecule has 0 aliphatic carbocycles. The Morgan fingerprint density at radius 1 is 0.692 bits per heavy atom. The number of fused-ring (bicyclic) bond motifs is 5. The maximum atomic E-state index is 2.54. The van der Waals surface area contributed by atoms with Crippen molar-refractivity contribution >= 4 is 22.7 Å². The van der Waals surface area contributed by atoms with Gasteiger partial charge in [-0.05, 0) is 60.9 Å². The minimum Gasteiger partial charge on any atom is -0.317 e. The van der Waals surface area contributed by atoms with Gasteiger partial charge < -0.3 is 9.80 Å². The summed E-state index contributed by atoms with van der Waals surface area (Å²) in [6.07, 6.45) is 0.249. The van der Waals surface area contributed by atoms with Crippen LogP contribution in [0.3, 0.4) is 0 Å². The molecule has 2 heteroatoms. The Morgan fingerprint density at radius 2 is 1.23 bits per heavy atom. The molecule has 5 rings (SSSR count). The Kier molecular flexibility index (Phi) is 3.06. The van der Waals surface area contributed by atoms with E-state index in [9.17, 15) is 0 Å². The molecule has 0 spiro atoms. The van der Waals surface area contributed by atoms with Gasteiger partial charge in [0, 0.05) is 16.8 Å². The molecule has 2 aliphatic rings. The number of hydrogen-bond acceptors (Lipinski definition) is 2. The molecule has 130 valence electrons.